The predicted octanol–water partition coefficient (Wildman–Crippen LogP) is 2.76. The molecule has 0 atom stereocenters. The van der Waals surface area contributed by atoms with Crippen molar-refractivity contribution in [2.75, 3.05) is 25.5 Å². The quantitative estimate of drug-likeness (QED) is 0.535. The van der Waals surface area contributed by atoms with Gasteiger partial charge in [-0.15, -0.1) is 0 Å². The van der Waals surface area contributed by atoms with E-state index in [2.05, 4.69) is 5.32 Å². The van der Waals surface area contributed by atoms with Gasteiger partial charge in [-0.05, 0) is 36.4 Å². The number of amides is 1. The summed E-state index contributed by atoms with van der Waals surface area (Å²) in [7, 11) is -2.73. The first kappa shape index (κ1) is 22.3. The number of esters is 1. The third-order valence-corrected chi connectivity index (χ3v) is 6.27. The highest BCUT2D eigenvalue weighted by Gasteiger charge is 2.24. The van der Waals surface area contributed by atoms with Crippen molar-refractivity contribution >= 4 is 50.2 Å². The fourth-order valence-corrected chi connectivity index (χ4v) is 3.91. The summed E-state index contributed by atoms with van der Waals surface area (Å²) in [5.41, 5.74) is 0.585. The Balaban J connectivity index is 1.59. The number of carbonyl (C=O) groups is 2. The third-order valence-electron chi connectivity index (χ3n) is 4.20. The number of sulfonamides is 1. The number of halogens is 1. The molecule has 9 nitrogen and oxygen atoms in total. The Labute approximate surface area is 182 Å². The van der Waals surface area contributed by atoms with Crippen LogP contribution in [0.3, 0.4) is 0 Å². The molecule has 3 rings (SSSR count). The van der Waals surface area contributed by atoms with E-state index in [4.69, 9.17) is 20.8 Å². The zero-order chi connectivity index (χ0) is 22.6. The van der Waals surface area contributed by atoms with Crippen molar-refractivity contribution in [3.8, 4) is 6.07 Å². The Hall–Kier alpha value is -3.39. The van der Waals surface area contributed by atoms with Crippen LogP contribution >= 0.6 is 11.6 Å². The lowest BCUT2D eigenvalue weighted by Crippen LogP contribution is -2.34. The van der Waals surface area contributed by atoms with Gasteiger partial charge >= 0.3 is 5.97 Å². The first-order valence-corrected chi connectivity index (χ1v) is 10.6. The van der Waals surface area contributed by atoms with E-state index in [1.807, 2.05) is 6.07 Å². The van der Waals surface area contributed by atoms with E-state index < -0.39 is 35.1 Å². The molecule has 0 aliphatic carbocycles. The standard InChI is InChI=1S/C20H16ClN3O6S/c1-24(31(27,28)14-8-6-13(21)7-9-14)11-19(26)29-12-18(25)23-20-15-4-2-3-5-16(15)30-17(20)10-22/h2-9H,11-12H2,1H3,(H,23,25). The number of carbonyl (C=O) groups excluding carboxylic acids is 2. The topological polar surface area (TPSA) is 130 Å². The van der Waals surface area contributed by atoms with Crippen LogP contribution < -0.4 is 5.32 Å². The number of nitrogens with zero attached hydrogens (tertiary/aromatic N) is 2. The average molecular weight is 462 g/mol. The SMILES string of the molecule is CN(CC(=O)OCC(=O)Nc1c(C#N)oc2ccccc12)S(=O)(=O)c1ccc(Cl)cc1. The molecule has 0 aliphatic heterocycles. The smallest absolute Gasteiger partial charge is 0.321 e. The van der Waals surface area contributed by atoms with E-state index in [9.17, 15) is 23.3 Å². The number of fused-ring (bicyclic) bond motifs is 1. The number of benzene rings is 2. The van der Waals surface area contributed by atoms with Gasteiger partial charge in [0.2, 0.25) is 15.8 Å². The molecule has 160 valence electrons. The van der Waals surface area contributed by atoms with E-state index >= 15 is 0 Å². The number of hydrogen-bond donors (Lipinski definition) is 1. The average Bonchev–Trinajstić information content (AvgIpc) is 3.10. The fraction of sp³-hybridized carbons (Fsp3) is 0.150. The molecule has 1 N–H and O–H groups in total. The zero-order valence-electron chi connectivity index (χ0n) is 16.2. The monoisotopic (exact) mass is 461 g/mol. The first-order chi connectivity index (χ1) is 14.7. The molecule has 0 aliphatic rings. The van der Waals surface area contributed by atoms with Crippen LogP contribution in [0.1, 0.15) is 5.76 Å². The van der Waals surface area contributed by atoms with Gasteiger partial charge in [-0.1, -0.05) is 23.7 Å². The molecule has 1 amide bonds. The number of para-hydroxylation sites is 1. The van der Waals surface area contributed by atoms with Crippen LogP contribution in [0.5, 0.6) is 0 Å². The van der Waals surface area contributed by atoms with Crippen LogP contribution in [0.15, 0.2) is 57.8 Å². The van der Waals surface area contributed by atoms with Crippen LogP contribution in [0.4, 0.5) is 5.69 Å². The van der Waals surface area contributed by atoms with Crippen LogP contribution in [0, 0.1) is 11.3 Å². The van der Waals surface area contributed by atoms with Crippen LogP contribution in [0.25, 0.3) is 11.0 Å². The summed E-state index contributed by atoms with van der Waals surface area (Å²) in [5.74, 6) is -1.72. The largest absolute Gasteiger partial charge is 0.455 e. The highest BCUT2D eigenvalue weighted by Crippen LogP contribution is 2.30. The molecular formula is C20H16ClN3O6S. The maximum atomic E-state index is 12.5. The number of hydrogen-bond acceptors (Lipinski definition) is 7. The van der Waals surface area contributed by atoms with Crippen LogP contribution in [-0.2, 0) is 24.3 Å². The predicted molar refractivity (Wildman–Crippen MR) is 112 cm³/mol. The van der Waals surface area contributed by atoms with Crippen molar-refractivity contribution in [2.24, 2.45) is 0 Å². The third kappa shape index (κ3) is 5.03. The summed E-state index contributed by atoms with van der Waals surface area (Å²) in [4.78, 5) is 24.2. The second-order valence-corrected chi connectivity index (χ2v) is 8.82. The molecule has 0 radical (unpaired) electrons. The Morgan fingerprint density at radius 3 is 2.55 bits per heavy atom. The summed E-state index contributed by atoms with van der Waals surface area (Å²) in [5, 5.41) is 12.6. The van der Waals surface area contributed by atoms with E-state index in [0.29, 0.717) is 16.0 Å². The molecular weight excluding hydrogens is 446 g/mol. The molecule has 11 heteroatoms. The molecule has 3 aromatic rings. The molecule has 0 saturated carbocycles. The minimum absolute atomic E-state index is 0.0409. The van der Waals surface area contributed by atoms with Crippen molar-refractivity contribution in [1.29, 1.82) is 5.26 Å². The number of rotatable bonds is 7. The van der Waals surface area contributed by atoms with Gasteiger partial charge in [0.05, 0.1) is 4.90 Å². The molecule has 31 heavy (non-hydrogen) atoms. The van der Waals surface area contributed by atoms with Crippen molar-refractivity contribution in [3.63, 3.8) is 0 Å². The molecule has 1 aromatic heterocycles. The summed E-state index contributed by atoms with van der Waals surface area (Å²) in [6.07, 6.45) is 0. The van der Waals surface area contributed by atoms with Gasteiger partial charge in [-0.3, -0.25) is 9.59 Å². The van der Waals surface area contributed by atoms with Gasteiger partial charge in [0.15, 0.2) is 6.61 Å². The van der Waals surface area contributed by atoms with Gasteiger partial charge in [-0.25, -0.2) is 8.42 Å². The van der Waals surface area contributed by atoms with E-state index in [-0.39, 0.29) is 16.3 Å². The summed E-state index contributed by atoms with van der Waals surface area (Å²) in [6, 6.07) is 14.0. The molecule has 0 fully saturated rings. The van der Waals surface area contributed by atoms with E-state index in [1.54, 1.807) is 24.3 Å². The molecule has 0 saturated heterocycles. The summed E-state index contributed by atoms with van der Waals surface area (Å²) >= 11 is 5.75. The number of anilines is 1. The molecule has 2 aromatic carbocycles. The van der Waals surface area contributed by atoms with Crippen molar-refractivity contribution < 1.29 is 27.2 Å². The molecule has 0 unspecified atom stereocenters. The van der Waals surface area contributed by atoms with Crippen LogP contribution in [-0.4, -0.2) is 44.8 Å². The van der Waals surface area contributed by atoms with Crippen molar-refractivity contribution in [1.82, 2.24) is 4.31 Å². The highest BCUT2D eigenvalue weighted by atomic mass is 35.5. The van der Waals surface area contributed by atoms with Crippen molar-refractivity contribution in [2.45, 2.75) is 4.90 Å². The Kier molecular flexibility index (Phi) is 6.60. The number of ether oxygens (including phenoxy) is 1. The number of likely N-dealkylation sites (N-methyl/N-ethyl adjacent to an activating group) is 1. The van der Waals surface area contributed by atoms with Crippen LogP contribution in [0.2, 0.25) is 5.02 Å². The molecule has 0 spiro atoms. The zero-order valence-corrected chi connectivity index (χ0v) is 17.7. The van der Waals surface area contributed by atoms with Crippen molar-refractivity contribution in [3.05, 3.63) is 59.3 Å². The van der Waals surface area contributed by atoms with Gasteiger partial charge in [-0.2, -0.15) is 9.57 Å². The Bertz CT molecular complexity index is 1280. The molecule has 0 bridgehead atoms. The maximum absolute atomic E-state index is 12.5. The Morgan fingerprint density at radius 2 is 1.87 bits per heavy atom. The van der Waals surface area contributed by atoms with E-state index in [1.165, 1.54) is 31.3 Å². The lowest BCUT2D eigenvalue weighted by Gasteiger charge is -2.16. The summed E-state index contributed by atoms with van der Waals surface area (Å²) in [6.45, 7) is -1.27. The highest BCUT2D eigenvalue weighted by molar-refractivity contribution is 7.89. The first-order valence-electron chi connectivity index (χ1n) is 8.81. The maximum Gasteiger partial charge on any atom is 0.321 e. The van der Waals surface area contributed by atoms with Gasteiger partial charge in [0, 0.05) is 17.5 Å². The fourth-order valence-electron chi connectivity index (χ4n) is 2.67. The van der Waals surface area contributed by atoms with Gasteiger partial charge < -0.3 is 14.5 Å². The lowest BCUT2D eigenvalue weighted by atomic mass is 10.2. The van der Waals surface area contributed by atoms with Gasteiger partial charge in [0.25, 0.3) is 5.91 Å². The molecule has 1 heterocycles. The van der Waals surface area contributed by atoms with Gasteiger partial charge in [0.1, 0.15) is 23.9 Å². The second kappa shape index (κ2) is 9.18. The lowest BCUT2D eigenvalue weighted by molar-refractivity contribution is -0.147. The number of furan rings is 1. The minimum atomic E-state index is -3.94. The van der Waals surface area contributed by atoms with E-state index in [0.717, 1.165) is 4.31 Å². The normalized spacial score (nSPS) is 11.3. The Morgan fingerprint density at radius 1 is 1.19 bits per heavy atom. The second-order valence-electron chi connectivity index (χ2n) is 6.34. The summed E-state index contributed by atoms with van der Waals surface area (Å²) < 4.78 is 36.0. The number of nitrogens with one attached hydrogen (secondary N) is 1. The minimum Gasteiger partial charge on any atom is -0.455 e. The number of nitriles is 1.